The molecule has 0 saturated carbocycles. The predicted octanol–water partition coefficient (Wildman–Crippen LogP) is 0.999. The third kappa shape index (κ3) is 3.12. The number of benzene rings is 1. The lowest BCUT2D eigenvalue weighted by atomic mass is 9.99. The van der Waals surface area contributed by atoms with Crippen LogP contribution in [0.25, 0.3) is 0 Å². The minimum Gasteiger partial charge on any atom is -0.356 e. The molecule has 1 aliphatic carbocycles. The maximum absolute atomic E-state index is 12.2. The fourth-order valence-corrected chi connectivity index (χ4v) is 3.19. The highest BCUT2D eigenvalue weighted by Gasteiger charge is 2.35. The van der Waals surface area contributed by atoms with Crippen molar-refractivity contribution in [1.29, 1.82) is 0 Å². The van der Waals surface area contributed by atoms with Crippen LogP contribution in [0.4, 0.5) is 0 Å². The molecule has 122 valence electrons. The molecule has 0 aromatic heterocycles. The zero-order valence-electron chi connectivity index (χ0n) is 13.3. The van der Waals surface area contributed by atoms with Crippen molar-refractivity contribution < 1.29 is 9.59 Å². The number of carbonyl (C=O) groups excluding carboxylic acids is 2. The molecular weight excluding hydrogens is 292 g/mol. The van der Waals surface area contributed by atoms with Crippen LogP contribution in [-0.4, -0.2) is 24.1 Å². The number of hydrazone groups is 1. The van der Waals surface area contributed by atoms with E-state index in [0.29, 0.717) is 25.8 Å². The Hall–Kier alpha value is -2.21. The van der Waals surface area contributed by atoms with Crippen LogP contribution in [0.2, 0.25) is 0 Å². The normalized spacial score (nSPS) is 23.0. The second-order valence-corrected chi connectivity index (χ2v) is 6.13. The smallest absolute Gasteiger partial charge is 0.240 e. The molecule has 0 bridgehead atoms. The molecule has 23 heavy (non-hydrogen) atoms. The average molecular weight is 314 g/mol. The lowest BCUT2D eigenvalue weighted by Gasteiger charge is -2.15. The van der Waals surface area contributed by atoms with Gasteiger partial charge in [-0.15, -0.1) is 0 Å². The Bertz CT molecular complexity index is 669. The highest BCUT2D eigenvalue weighted by Crippen LogP contribution is 2.35. The van der Waals surface area contributed by atoms with Crippen LogP contribution in [0.3, 0.4) is 0 Å². The molecule has 0 radical (unpaired) electrons. The van der Waals surface area contributed by atoms with E-state index in [2.05, 4.69) is 21.9 Å². The second kappa shape index (κ2) is 6.50. The quantitative estimate of drug-likeness (QED) is 0.773. The molecule has 1 aromatic carbocycles. The number of nitrogens with one attached hydrogen (secondary N) is 2. The maximum atomic E-state index is 12.2. The largest absolute Gasteiger partial charge is 0.356 e. The Morgan fingerprint density at radius 1 is 1.43 bits per heavy atom. The van der Waals surface area contributed by atoms with E-state index in [1.807, 2.05) is 19.1 Å². The summed E-state index contributed by atoms with van der Waals surface area (Å²) >= 11 is 0. The molecule has 0 spiro atoms. The van der Waals surface area contributed by atoms with Gasteiger partial charge in [0, 0.05) is 25.4 Å². The van der Waals surface area contributed by atoms with Gasteiger partial charge in [-0.05, 0) is 35.6 Å². The SMILES string of the molecule is CCCNC(=O)C1Cc2cc(C3=NNC(=O)CC3)ccc2C1N. The molecule has 2 unspecified atom stereocenters. The van der Waals surface area contributed by atoms with Crippen molar-refractivity contribution in [2.45, 2.75) is 38.6 Å². The maximum Gasteiger partial charge on any atom is 0.240 e. The molecule has 6 nitrogen and oxygen atoms in total. The predicted molar refractivity (Wildman–Crippen MR) is 87.8 cm³/mol. The molecule has 0 fully saturated rings. The third-order valence-corrected chi connectivity index (χ3v) is 4.50. The summed E-state index contributed by atoms with van der Waals surface area (Å²) in [5, 5.41) is 7.06. The number of hydrogen-bond donors (Lipinski definition) is 3. The van der Waals surface area contributed by atoms with Gasteiger partial charge in [-0.25, -0.2) is 5.43 Å². The molecule has 6 heteroatoms. The third-order valence-electron chi connectivity index (χ3n) is 4.50. The van der Waals surface area contributed by atoms with Crippen LogP contribution in [0.15, 0.2) is 23.3 Å². The van der Waals surface area contributed by atoms with Gasteiger partial charge in [-0.1, -0.05) is 19.1 Å². The Morgan fingerprint density at radius 2 is 2.26 bits per heavy atom. The van der Waals surface area contributed by atoms with E-state index in [9.17, 15) is 9.59 Å². The minimum absolute atomic E-state index is 0.0272. The molecule has 3 rings (SSSR count). The zero-order valence-corrected chi connectivity index (χ0v) is 13.3. The Labute approximate surface area is 135 Å². The molecule has 1 heterocycles. The van der Waals surface area contributed by atoms with Crippen LogP contribution in [0.5, 0.6) is 0 Å². The fraction of sp³-hybridized carbons (Fsp3) is 0.471. The Kier molecular flexibility index (Phi) is 4.43. The van der Waals surface area contributed by atoms with Gasteiger partial charge in [0.2, 0.25) is 11.8 Å². The van der Waals surface area contributed by atoms with Gasteiger partial charge in [0.05, 0.1) is 11.6 Å². The van der Waals surface area contributed by atoms with E-state index < -0.39 is 0 Å². The summed E-state index contributed by atoms with van der Waals surface area (Å²) in [5.41, 5.74) is 12.8. The summed E-state index contributed by atoms with van der Waals surface area (Å²) in [6.45, 7) is 2.71. The standard InChI is InChI=1S/C17H22N4O2/c1-2-7-19-17(23)13-9-11-8-10(3-4-12(11)16(13)18)14-5-6-15(22)21-20-14/h3-4,8,13,16H,2,5-7,9,18H2,1H3,(H,19,23)(H,21,22). The summed E-state index contributed by atoms with van der Waals surface area (Å²) in [7, 11) is 0. The van der Waals surface area contributed by atoms with E-state index in [1.54, 1.807) is 0 Å². The first-order chi connectivity index (χ1) is 11.1. The molecule has 1 aliphatic heterocycles. The summed E-state index contributed by atoms with van der Waals surface area (Å²) < 4.78 is 0. The summed E-state index contributed by atoms with van der Waals surface area (Å²) in [4.78, 5) is 23.4. The molecule has 2 amide bonds. The first-order valence-corrected chi connectivity index (χ1v) is 8.12. The molecule has 2 aliphatic rings. The van der Waals surface area contributed by atoms with Gasteiger partial charge in [-0.3, -0.25) is 9.59 Å². The van der Waals surface area contributed by atoms with E-state index in [4.69, 9.17) is 5.73 Å². The molecule has 2 atom stereocenters. The van der Waals surface area contributed by atoms with E-state index >= 15 is 0 Å². The number of nitrogens with two attached hydrogens (primary N) is 1. The van der Waals surface area contributed by atoms with Crippen LogP contribution in [-0.2, 0) is 16.0 Å². The lowest BCUT2D eigenvalue weighted by molar-refractivity contribution is -0.125. The van der Waals surface area contributed by atoms with Crippen molar-refractivity contribution in [2.24, 2.45) is 16.8 Å². The number of rotatable bonds is 4. The summed E-state index contributed by atoms with van der Waals surface area (Å²) in [6, 6.07) is 5.75. The number of hydrogen-bond acceptors (Lipinski definition) is 4. The van der Waals surface area contributed by atoms with Gasteiger partial charge in [0.15, 0.2) is 0 Å². The first kappa shape index (κ1) is 15.7. The van der Waals surface area contributed by atoms with Crippen LogP contribution in [0, 0.1) is 5.92 Å². The Balaban J connectivity index is 1.78. The van der Waals surface area contributed by atoms with Crippen molar-refractivity contribution in [3.05, 3.63) is 34.9 Å². The van der Waals surface area contributed by atoms with Gasteiger partial charge < -0.3 is 11.1 Å². The fourth-order valence-electron chi connectivity index (χ4n) is 3.19. The zero-order chi connectivity index (χ0) is 16.4. The molecule has 1 aromatic rings. The first-order valence-electron chi connectivity index (χ1n) is 8.12. The van der Waals surface area contributed by atoms with Crippen molar-refractivity contribution in [2.75, 3.05) is 6.54 Å². The molecular formula is C17H22N4O2. The number of amides is 2. The van der Waals surface area contributed by atoms with Crippen molar-refractivity contribution in [3.8, 4) is 0 Å². The van der Waals surface area contributed by atoms with Gasteiger partial charge in [0.1, 0.15) is 0 Å². The summed E-state index contributed by atoms with van der Waals surface area (Å²) in [6.07, 6.45) is 2.66. The van der Waals surface area contributed by atoms with Crippen molar-refractivity contribution >= 4 is 17.5 Å². The van der Waals surface area contributed by atoms with Crippen LogP contribution in [0.1, 0.15) is 48.9 Å². The van der Waals surface area contributed by atoms with Gasteiger partial charge in [0.25, 0.3) is 0 Å². The van der Waals surface area contributed by atoms with Gasteiger partial charge >= 0.3 is 0 Å². The highest BCUT2D eigenvalue weighted by atomic mass is 16.2. The molecule has 0 saturated heterocycles. The average Bonchev–Trinajstić information content (AvgIpc) is 2.90. The monoisotopic (exact) mass is 314 g/mol. The lowest BCUT2D eigenvalue weighted by Crippen LogP contribution is -2.35. The van der Waals surface area contributed by atoms with E-state index in [-0.39, 0.29) is 23.8 Å². The highest BCUT2D eigenvalue weighted by molar-refractivity contribution is 6.04. The minimum atomic E-state index is -0.260. The van der Waals surface area contributed by atoms with E-state index in [1.165, 1.54) is 0 Å². The topological polar surface area (TPSA) is 96.6 Å². The van der Waals surface area contributed by atoms with Gasteiger partial charge in [-0.2, -0.15) is 5.10 Å². The van der Waals surface area contributed by atoms with Crippen LogP contribution >= 0.6 is 0 Å². The van der Waals surface area contributed by atoms with Crippen LogP contribution < -0.4 is 16.5 Å². The van der Waals surface area contributed by atoms with Crippen molar-refractivity contribution in [1.82, 2.24) is 10.7 Å². The number of nitrogens with zero attached hydrogens (tertiary/aromatic N) is 1. The van der Waals surface area contributed by atoms with E-state index in [0.717, 1.165) is 28.8 Å². The Morgan fingerprint density at radius 3 is 2.96 bits per heavy atom. The second-order valence-electron chi connectivity index (χ2n) is 6.13. The molecule has 4 N–H and O–H groups in total. The number of carbonyl (C=O) groups is 2. The number of fused-ring (bicyclic) bond motifs is 1. The van der Waals surface area contributed by atoms with Crippen molar-refractivity contribution in [3.63, 3.8) is 0 Å². The summed E-state index contributed by atoms with van der Waals surface area (Å²) in [5.74, 6) is -0.233.